The third-order valence-corrected chi connectivity index (χ3v) is 4.78. The SMILES string of the molecule is OC(CNC1CCN(Cc2ccccc2Cl)CC1)c1ccco1. The largest absolute Gasteiger partial charge is 0.467 e. The fraction of sp³-hybridized carbons (Fsp3) is 0.444. The van der Waals surface area contributed by atoms with E-state index in [2.05, 4.69) is 16.3 Å². The van der Waals surface area contributed by atoms with E-state index in [0.29, 0.717) is 18.3 Å². The molecule has 0 aliphatic carbocycles. The van der Waals surface area contributed by atoms with E-state index in [-0.39, 0.29) is 0 Å². The van der Waals surface area contributed by atoms with E-state index in [0.717, 1.165) is 37.5 Å². The number of furan rings is 1. The Balaban J connectivity index is 1.41. The van der Waals surface area contributed by atoms with Crippen molar-refractivity contribution in [1.82, 2.24) is 10.2 Å². The van der Waals surface area contributed by atoms with Gasteiger partial charge in [0.1, 0.15) is 11.9 Å². The fourth-order valence-corrected chi connectivity index (χ4v) is 3.22. The molecule has 1 unspecified atom stereocenters. The standard InChI is InChI=1S/C18H23ClN2O2/c19-16-5-2-1-4-14(16)13-21-9-7-15(8-10-21)20-12-17(22)18-6-3-11-23-18/h1-6,11,15,17,20,22H,7-10,12-13H2. The van der Waals surface area contributed by atoms with Crippen molar-refractivity contribution in [2.75, 3.05) is 19.6 Å². The molecular formula is C18H23ClN2O2. The first kappa shape index (κ1) is 16.5. The van der Waals surface area contributed by atoms with Crippen LogP contribution in [0.3, 0.4) is 0 Å². The van der Waals surface area contributed by atoms with Gasteiger partial charge in [0, 0.05) is 24.2 Å². The van der Waals surface area contributed by atoms with Crippen LogP contribution < -0.4 is 5.32 Å². The Morgan fingerprint density at radius 2 is 2.00 bits per heavy atom. The van der Waals surface area contributed by atoms with Crippen molar-refractivity contribution >= 4 is 11.6 Å². The number of hydrogen-bond donors (Lipinski definition) is 2. The highest BCUT2D eigenvalue weighted by atomic mass is 35.5. The smallest absolute Gasteiger partial charge is 0.133 e. The molecule has 1 atom stereocenters. The van der Waals surface area contributed by atoms with Gasteiger partial charge in [-0.1, -0.05) is 29.8 Å². The van der Waals surface area contributed by atoms with Gasteiger partial charge in [-0.15, -0.1) is 0 Å². The molecule has 23 heavy (non-hydrogen) atoms. The Morgan fingerprint density at radius 3 is 2.70 bits per heavy atom. The molecule has 1 saturated heterocycles. The molecule has 1 aliphatic rings. The van der Waals surface area contributed by atoms with Crippen LogP contribution in [0.25, 0.3) is 0 Å². The average molecular weight is 335 g/mol. The summed E-state index contributed by atoms with van der Waals surface area (Å²) in [6.45, 7) is 3.52. The molecule has 0 amide bonds. The topological polar surface area (TPSA) is 48.6 Å². The number of aliphatic hydroxyl groups is 1. The molecule has 2 aromatic rings. The van der Waals surface area contributed by atoms with Crippen LogP contribution in [0.5, 0.6) is 0 Å². The molecule has 4 nitrogen and oxygen atoms in total. The summed E-state index contributed by atoms with van der Waals surface area (Å²) in [7, 11) is 0. The van der Waals surface area contributed by atoms with E-state index in [1.165, 1.54) is 5.56 Å². The van der Waals surface area contributed by atoms with Crippen LogP contribution in [0.4, 0.5) is 0 Å². The number of nitrogens with zero attached hydrogens (tertiary/aromatic N) is 1. The highest BCUT2D eigenvalue weighted by molar-refractivity contribution is 6.31. The molecule has 1 aromatic carbocycles. The van der Waals surface area contributed by atoms with Crippen LogP contribution in [-0.4, -0.2) is 35.7 Å². The lowest BCUT2D eigenvalue weighted by Crippen LogP contribution is -2.43. The second kappa shape index (κ2) is 7.97. The monoisotopic (exact) mass is 334 g/mol. The number of rotatable bonds is 6. The lowest BCUT2D eigenvalue weighted by atomic mass is 10.0. The van der Waals surface area contributed by atoms with Crippen molar-refractivity contribution in [3.05, 3.63) is 59.0 Å². The molecule has 2 N–H and O–H groups in total. The number of halogens is 1. The molecule has 1 aromatic heterocycles. The van der Waals surface area contributed by atoms with Gasteiger partial charge in [-0.3, -0.25) is 4.90 Å². The van der Waals surface area contributed by atoms with Gasteiger partial charge in [0.2, 0.25) is 0 Å². The molecule has 2 heterocycles. The molecular weight excluding hydrogens is 312 g/mol. The zero-order valence-corrected chi connectivity index (χ0v) is 13.9. The Labute approximate surface area is 142 Å². The molecule has 0 saturated carbocycles. The van der Waals surface area contributed by atoms with Crippen LogP contribution in [0, 0.1) is 0 Å². The van der Waals surface area contributed by atoms with E-state index in [4.69, 9.17) is 16.0 Å². The van der Waals surface area contributed by atoms with E-state index in [1.807, 2.05) is 18.2 Å². The summed E-state index contributed by atoms with van der Waals surface area (Å²) < 4.78 is 5.22. The lowest BCUT2D eigenvalue weighted by molar-refractivity contribution is 0.131. The Hall–Kier alpha value is -1.33. The second-order valence-corrected chi connectivity index (χ2v) is 6.49. The van der Waals surface area contributed by atoms with Gasteiger partial charge in [-0.05, 0) is 49.7 Å². The molecule has 0 spiro atoms. The minimum absolute atomic E-state index is 0.446. The summed E-state index contributed by atoms with van der Waals surface area (Å²) in [5, 5.41) is 14.3. The molecule has 1 aliphatic heterocycles. The number of aliphatic hydroxyl groups excluding tert-OH is 1. The zero-order valence-electron chi connectivity index (χ0n) is 13.1. The van der Waals surface area contributed by atoms with Crippen LogP contribution >= 0.6 is 11.6 Å². The van der Waals surface area contributed by atoms with Gasteiger partial charge in [0.05, 0.1) is 6.26 Å². The fourth-order valence-electron chi connectivity index (χ4n) is 3.02. The van der Waals surface area contributed by atoms with Gasteiger partial charge in [0.25, 0.3) is 0 Å². The summed E-state index contributed by atoms with van der Waals surface area (Å²) in [5.41, 5.74) is 1.19. The number of likely N-dealkylation sites (tertiary alicyclic amines) is 1. The van der Waals surface area contributed by atoms with E-state index in [1.54, 1.807) is 18.4 Å². The first-order chi connectivity index (χ1) is 11.2. The minimum atomic E-state index is -0.578. The third-order valence-electron chi connectivity index (χ3n) is 4.41. The molecule has 124 valence electrons. The second-order valence-electron chi connectivity index (χ2n) is 6.08. The van der Waals surface area contributed by atoms with E-state index >= 15 is 0 Å². The Bertz CT molecular complexity index is 595. The quantitative estimate of drug-likeness (QED) is 0.851. The summed E-state index contributed by atoms with van der Waals surface area (Å²) in [6.07, 6.45) is 3.17. The average Bonchev–Trinajstić information content (AvgIpc) is 3.11. The van der Waals surface area contributed by atoms with Gasteiger partial charge >= 0.3 is 0 Å². The molecule has 1 fully saturated rings. The maximum Gasteiger partial charge on any atom is 0.133 e. The van der Waals surface area contributed by atoms with Gasteiger partial charge in [-0.25, -0.2) is 0 Å². The Kier molecular flexibility index (Phi) is 5.73. The summed E-state index contributed by atoms with van der Waals surface area (Å²) in [5.74, 6) is 0.619. The van der Waals surface area contributed by atoms with Crippen molar-refractivity contribution in [3.63, 3.8) is 0 Å². The van der Waals surface area contributed by atoms with Crippen molar-refractivity contribution in [1.29, 1.82) is 0 Å². The molecule has 0 bridgehead atoms. The highest BCUT2D eigenvalue weighted by Crippen LogP contribution is 2.20. The molecule has 5 heteroatoms. The van der Waals surface area contributed by atoms with Crippen molar-refractivity contribution in [2.45, 2.75) is 31.5 Å². The number of benzene rings is 1. The van der Waals surface area contributed by atoms with Crippen LogP contribution in [-0.2, 0) is 6.54 Å². The van der Waals surface area contributed by atoms with Crippen LogP contribution in [0.15, 0.2) is 47.1 Å². The lowest BCUT2D eigenvalue weighted by Gasteiger charge is -2.33. The predicted octanol–water partition coefficient (Wildman–Crippen LogP) is 3.22. The first-order valence-electron chi connectivity index (χ1n) is 8.13. The van der Waals surface area contributed by atoms with E-state index < -0.39 is 6.10 Å². The van der Waals surface area contributed by atoms with Gasteiger partial charge in [0.15, 0.2) is 0 Å². The molecule has 0 radical (unpaired) electrons. The maximum atomic E-state index is 10.0. The number of nitrogens with one attached hydrogen (secondary N) is 1. The van der Waals surface area contributed by atoms with Crippen molar-refractivity contribution in [3.8, 4) is 0 Å². The zero-order chi connectivity index (χ0) is 16.1. The summed E-state index contributed by atoms with van der Waals surface area (Å²) >= 11 is 6.23. The van der Waals surface area contributed by atoms with E-state index in [9.17, 15) is 5.11 Å². The minimum Gasteiger partial charge on any atom is -0.467 e. The summed E-state index contributed by atoms with van der Waals surface area (Å²) in [4.78, 5) is 2.43. The summed E-state index contributed by atoms with van der Waals surface area (Å²) in [6, 6.07) is 12.1. The molecule has 3 rings (SSSR count). The van der Waals surface area contributed by atoms with Crippen molar-refractivity contribution < 1.29 is 9.52 Å². The number of hydrogen-bond acceptors (Lipinski definition) is 4. The predicted molar refractivity (Wildman–Crippen MR) is 91.4 cm³/mol. The van der Waals surface area contributed by atoms with Crippen LogP contribution in [0.2, 0.25) is 5.02 Å². The first-order valence-corrected chi connectivity index (χ1v) is 8.51. The normalized spacial score (nSPS) is 18.2. The third kappa shape index (κ3) is 4.58. The maximum absolute atomic E-state index is 10.0. The Morgan fingerprint density at radius 1 is 1.22 bits per heavy atom. The highest BCUT2D eigenvalue weighted by Gasteiger charge is 2.20. The van der Waals surface area contributed by atoms with Crippen LogP contribution in [0.1, 0.15) is 30.3 Å². The number of piperidine rings is 1. The van der Waals surface area contributed by atoms with Crippen molar-refractivity contribution in [2.24, 2.45) is 0 Å². The van der Waals surface area contributed by atoms with Gasteiger partial charge in [-0.2, -0.15) is 0 Å². The van der Waals surface area contributed by atoms with Gasteiger partial charge < -0.3 is 14.8 Å².